The number of thiophene rings is 1. The number of benzene rings is 2. The Morgan fingerprint density at radius 1 is 1.21 bits per heavy atom. The summed E-state index contributed by atoms with van der Waals surface area (Å²) in [7, 11) is 1.37. The third kappa shape index (κ3) is 3.82. The molecule has 5 heteroatoms. The molecule has 1 unspecified atom stereocenters. The molecule has 1 atom stereocenters. The van der Waals surface area contributed by atoms with E-state index in [1.807, 2.05) is 30.3 Å². The number of carbonyl (C=O) groups is 1. The van der Waals surface area contributed by atoms with Crippen molar-refractivity contribution in [2.45, 2.75) is 12.6 Å². The first-order valence-corrected chi connectivity index (χ1v) is 8.53. The smallest absolute Gasteiger partial charge is 0.337 e. The van der Waals surface area contributed by atoms with Crippen LogP contribution in [0.4, 0.5) is 0 Å². The molecule has 0 aliphatic rings. The highest BCUT2D eigenvalue weighted by atomic mass is 32.1. The number of ether oxygens (including phenoxy) is 1. The van der Waals surface area contributed by atoms with Crippen molar-refractivity contribution < 1.29 is 14.6 Å². The topological polar surface area (TPSA) is 58.6 Å². The van der Waals surface area contributed by atoms with Gasteiger partial charge in [0.1, 0.15) is 6.10 Å². The number of nitrogens with one attached hydrogen (secondary N) is 1. The Labute approximate surface area is 144 Å². The van der Waals surface area contributed by atoms with Crippen LogP contribution in [0.25, 0.3) is 10.1 Å². The molecule has 1 aromatic heterocycles. The van der Waals surface area contributed by atoms with Gasteiger partial charge in [0.25, 0.3) is 0 Å². The molecule has 2 N–H and O–H groups in total. The van der Waals surface area contributed by atoms with E-state index in [1.165, 1.54) is 11.8 Å². The summed E-state index contributed by atoms with van der Waals surface area (Å²) in [5.74, 6) is -0.338. The van der Waals surface area contributed by atoms with Crippen molar-refractivity contribution in [2.75, 3.05) is 13.7 Å². The monoisotopic (exact) mass is 341 g/mol. The number of fused-ring (bicyclic) bond motifs is 1. The lowest BCUT2D eigenvalue weighted by Gasteiger charge is -2.10. The first kappa shape index (κ1) is 16.6. The van der Waals surface area contributed by atoms with E-state index in [0.29, 0.717) is 18.7 Å². The predicted octanol–water partition coefficient (Wildman–Crippen LogP) is 3.51. The summed E-state index contributed by atoms with van der Waals surface area (Å²) in [6, 6.07) is 17.4. The van der Waals surface area contributed by atoms with Gasteiger partial charge in [0.2, 0.25) is 0 Å². The highest BCUT2D eigenvalue weighted by molar-refractivity contribution is 7.19. The summed E-state index contributed by atoms with van der Waals surface area (Å²) in [6.45, 7) is 1.11. The number of methoxy groups -OCH3 is 1. The highest BCUT2D eigenvalue weighted by Crippen LogP contribution is 2.29. The van der Waals surface area contributed by atoms with Crippen LogP contribution in [0.3, 0.4) is 0 Å². The average Bonchev–Trinajstić information content (AvgIpc) is 3.06. The van der Waals surface area contributed by atoms with Crippen LogP contribution in [-0.2, 0) is 11.3 Å². The van der Waals surface area contributed by atoms with Gasteiger partial charge in [-0.2, -0.15) is 0 Å². The van der Waals surface area contributed by atoms with Gasteiger partial charge in [-0.3, -0.25) is 0 Å². The molecule has 0 spiro atoms. The van der Waals surface area contributed by atoms with E-state index in [4.69, 9.17) is 0 Å². The van der Waals surface area contributed by atoms with Gasteiger partial charge in [-0.05, 0) is 35.2 Å². The quantitative estimate of drug-likeness (QED) is 0.674. The molecule has 3 rings (SSSR count). The van der Waals surface area contributed by atoms with E-state index < -0.39 is 6.10 Å². The van der Waals surface area contributed by atoms with E-state index >= 15 is 0 Å². The minimum absolute atomic E-state index is 0.338. The van der Waals surface area contributed by atoms with Gasteiger partial charge in [0, 0.05) is 22.7 Å². The summed E-state index contributed by atoms with van der Waals surface area (Å²) in [5, 5.41) is 14.7. The van der Waals surface area contributed by atoms with Crippen molar-refractivity contribution in [3.63, 3.8) is 0 Å². The van der Waals surface area contributed by atoms with Crippen LogP contribution in [0, 0.1) is 0 Å². The Morgan fingerprint density at radius 3 is 2.67 bits per heavy atom. The second kappa shape index (κ2) is 7.57. The maximum atomic E-state index is 11.4. The Balaban J connectivity index is 1.54. The molecule has 1 heterocycles. The van der Waals surface area contributed by atoms with Gasteiger partial charge in [0.05, 0.1) is 12.7 Å². The third-order valence-electron chi connectivity index (χ3n) is 3.81. The molecule has 0 aliphatic heterocycles. The van der Waals surface area contributed by atoms with Crippen LogP contribution < -0.4 is 5.32 Å². The fourth-order valence-electron chi connectivity index (χ4n) is 2.50. The predicted molar refractivity (Wildman–Crippen MR) is 96.3 cm³/mol. The standard InChI is InChI=1S/C19H19NO3S/c1-23-19(22)14-8-6-13(7-9-14)11-20-12-16(21)18-10-15-4-2-3-5-17(15)24-18/h2-10,16,20-21H,11-12H2,1H3. The summed E-state index contributed by atoms with van der Waals surface area (Å²) < 4.78 is 5.86. The average molecular weight is 341 g/mol. The van der Waals surface area contributed by atoms with E-state index in [-0.39, 0.29) is 5.97 Å². The largest absolute Gasteiger partial charge is 0.465 e. The minimum atomic E-state index is -0.531. The molecule has 124 valence electrons. The van der Waals surface area contributed by atoms with Crippen LogP contribution in [0.2, 0.25) is 0 Å². The molecule has 0 saturated carbocycles. The molecule has 3 aromatic rings. The summed E-state index contributed by atoms with van der Waals surface area (Å²) in [4.78, 5) is 12.4. The van der Waals surface area contributed by atoms with E-state index in [1.54, 1.807) is 23.5 Å². The number of rotatable bonds is 6. The van der Waals surface area contributed by atoms with Crippen LogP contribution in [-0.4, -0.2) is 24.7 Å². The van der Waals surface area contributed by atoms with Crippen molar-refractivity contribution >= 4 is 27.4 Å². The molecule has 0 radical (unpaired) electrons. The fraction of sp³-hybridized carbons (Fsp3) is 0.211. The number of esters is 1. The first-order chi connectivity index (χ1) is 11.7. The third-order valence-corrected chi connectivity index (χ3v) is 5.03. The lowest BCUT2D eigenvalue weighted by molar-refractivity contribution is 0.0600. The molecule has 0 saturated heterocycles. The number of aliphatic hydroxyl groups excluding tert-OH is 1. The Bertz CT molecular complexity index is 793. The maximum Gasteiger partial charge on any atom is 0.337 e. The summed E-state index contributed by atoms with van der Waals surface area (Å²) >= 11 is 1.62. The first-order valence-electron chi connectivity index (χ1n) is 7.72. The normalized spacial score (nSPS) is 12.2. The van der Waals surface area contributed by atoms with Gasteiger partial charge < -0.3 is 15.2 Å². The number of carbonyl (C=O) groups excluding carboxylic acids is 1. The van der Waals surface area contributed by atoms with Crippen LogP contribution in [0.1, 0.15) is 26.9 Å². The zero-order valence-corrected chi connectivity index (χ0v) is 14.2. The second-order valence-electron chi connectivity index (χ2n) is 5.52. The van der Waals surface area contributed by atoms with Crippen molar-refractivity contribution in [1.82, 2.24) is 5.32 Å². The van der Waals surface area contributed by atoms with Gasteiger partial charge in [-0.15, -0.1) is 11.3 Å². The zero-order valence-electron chi connectivity index (χ0n) is 13.4. The molecule has 4 nitrogen and oxygen atoms in total. The fourth-order valence-corrected chi connectivity index (χ4v) is 3.55. The number of hydrogen-bond donors (Lipinski definition) is 2. The van der Waals surface area contributed by atoms with Gasteiger partial charge >= 0.3 is 5.97 Å². The second-order valence-corrected chi connectivity index (χ2v) is 6.64. The minimum Gasteiger partial charge on any atom is -0.465 e. The van der Waals surface area contributed by atoms with Gasteiger partial charge in [-0.1, -0.05) is 30.3 Å². The van der Waals surface area contributed by atoms with Crippen LogP contribution in [0.15, 0.2) is 54.6 Å². The molecule has 0 bridgehead atoms. The molecule has 24 heavy (non-hydrogen) atoms. The highest BCUT2D eigenvalue weighted by Gasteiger charge is 2.11. The van der Waals surface area contributed by atoms with Crippen LogP contribution >= 0.6 is 11.3 Å². The molecule has 0 fully saturated rings. The molecular formula is C19H19NO3S. The van der Waals surface area contributed by atoms with E-state index in [0.717, 1.165) is 15.8 Å². The van der Waals surface area contributed by atoms with Crippen LogP contribution in [0.5, 0.6) is 0 Å². The van der Waals surface area contributed by atoms with Crippen molar-refractivity contribution in [3.05, 3.63) is 70.6 Å². The van der Waals surface area contributed by atoms with E-state index in [2.05, 4.69) is 22.2 Å². The number of hydrogen-bond acceptors (Lipinski definition) is 5. The zero-order chi connectivity index (χ0) is 16.9. The van der Waals surface area contributed by atoms with Crippen molar-refractivity contribution in [1.29, 1.82) is 0 Å². The van der Waals surface area contributed by atoms with E-state index in [9.17, 15) is 9.90 Å². The summed E-state index contributed by atoms with van der Waals surface area (Å²) in [5.41, 5.74) is 1.58. The summed E-state index contributed by atoms with van der Waals surface area (Å²) in [6.07, 6.45) is -0.531. The van der Waals surface area contributed by atoms with Gasteiger partial charge in [-0.25, -0.2) is 4.79 Å². The maximum absolute atomic E-state index is 11.4. The SMILES string of the molecule is COC(=O)c1ccc(CNCC(O)c2cc3ccccc3s2)cc1. The molecular weight excluding hydrogens is 322 g/mol. The van der Waals surface area contributed by atoms with Crippen molar-refractivity contribution in [2.24, 2.45) is 0 Å². The molecule has 0 aliphatic carbocycles. The molecule has 2 aromatic carbocycles. The Hall–Kier alpha value is -2.21. The van der Waals surface area contributed by atoms with Gasteiger partial charge in [0.15, 0.2) is 0 Å². The Morgan fingerprint density at radius 2 is 1.96 bits per heavy atom. The Kier molecular flexibility index (Phi) is 5.25. The lowest BCUT2D eigenvalue weighted by atomic mass is 10.1. The molecule has 0 amide bonds. The van der Waals surface area contributed by atoms with Crippen molar-refractivity contribution in [3.8, 4) is 0 Å². The lowest BCUT2D eigenvalue weighted by Crippen LogP contribution is -2.20. The number of aliphatic hydroxyl groups is 1.